The summed E-state index contributed by atoms with van der Waals surface area (Å²) < 4.78 is 5.76. The first-order valence-electron chi connectivity index (χ1n) is 8.93. The van der Waals surface area contributed by atoms with Crippen molar-refractivity contribution in [1.82, 2.24) is 4.90 Å². The van der Waals surface area contributed by atoms with Crippen LogP contribution in [0.4, 0.5) is 0 Å². The molecule has 1 saturated heterocycles. The van der Waals surface area contributed by atoms with Crippen molar-refractivity contribution in [3.8, 4) is 5.75 Å². The summed E-state index contributed by atoms with van der Waals surface area (Å²) in [7, 11) is 0. The molecule has 0 unspecified atom stereocenters. The van der Waals surface area contributed by atoms with Crippen LogP contribution in [0.25, 0.3) is 0 Å². The van der Waals surface area contributed by atoms with E-state index in [1.807, 2.05) is 0 Å². The Morgan fingerprint density at radius 1 is 1.04 bits per heavy atom. The molecule has 0 aliphatic carbocycles. The Bertz CT molecular complexity index is 661. The Morgan fingerprint density at radius 2 is 1.72 bits per heavy atom. The van der Waals surface area contributed by atoms with Crippen molar-refractivity contribution >= 4 is 5.97 Å². The average Bonchev–Trinajstić information content (AvgIpc) is 2.64. The van der Waals surface area contributed by atoms with Gasteiger partial charge in [-0.3, -0.25) is 4.90 Å². The molecule has 2 aromatic carbocycles. The van der Waals surface area contributed by atoms with E-state index in [2.05, 4.69) is 35.2 Å². The Hall–Kier alpha value is -2.33. The van der Waals surface area contributed by atoms with Crippen molar-refractivity contribution in [1.29, 1.82) is 0 Å². The first-order valence-corrected chi connectivity index (χ1v) is 8.93. The van der Waals surface area contributed by atoms with E-state index in [9.17, 15) is 4.79 Å². The van der Waals surface area contributed by atoms with Gasteiger partial charge in [0.1, 0.15) is 5.75 Å². The third-order valence-electron chi connectivity index (χ3n) is 4.85. The molecular formula is C21H25NO3. The lowest BCUT2D eigenvalue weighted by molar-refractivity contribution is 0.0697. The Labute approximate surface area is 149 Å². The topological polar surface area (TPSA) is 49.8 Å². The van der Waals surface area contributed by atoms with Crippen LogP contribution in [0.5, 0.6) is 5.75 Å². The van der Waals surface area contributed by atoms with Gasteiger partial charge in [0.25, 0.3) is 0 Å². The SMILES string of the molecule is O=C(O)c1ccc(OCCC2CCN(Cc3ccccc3)CC2)cc1. The van der Waals surface area contributed by atoms with E-state index < -0.39 is 5.97 Å². The number of piperidine rings is 1. The normalized spacial score (nSPS) is 15.8. The number of carbonyl (C=O) groups is 1. The molecule has 0 radical (unpaired) electrons. The standard InChI is InChI=1S/C21H25NO3/c23-21(24)19-6-8-20(9-7-19)25-15-12-17-10-13-22(14-11-17)16-18-4-2-1-3-5-18/h1-9,17H,10-16H2,(H,23,24). The van der Waals surface area contributed by atoms with Gasteiger partial charge in [-0.15, -0.1) is 0 Å². The number of rotatable bonds is 7. The van der Waals surface area contributed by atoms with Crippen LogP contribution >= 0.6 is 0 Å². The Kier molecular flexibility index (Phi) is 6.07. The summed E-state index contributed by atoms with van der Waals surface area (Å²) in [6, 6.07) is 17.3. The number of ether oxygens (including phenoxy) is 1. The second kappa shape index (κ2) is 8.67. The fourth-order valence-corrected chi connectivity index (χ4v) is 3.31. The van der Waals surface area contributed by atoms with Gasteiger partial charge in [-0.2, -0.15) is 0 Å². The van der Waals surface area contributed by atoms with Gasteiger partial charge in [0.15, 0.2) is 0 Å². The molecule has 0 bridgehead atoms. The summed E-state index contributed by atoms with van der Waals surface area (Å²) in [4.78, 5) is 13.4. The largest absolute Gasteiger partial charge is 0.494 e. The molecule has 1 aliphatic heterocycles. The second-order valence-electron chi connectivity index (χ2n) is 6.67. The van der Waals surface area contributed by atoms with Gasteiger partial charge < -0.3 is 9.84 Å². The predicted octanol–water partition coefficient (Wildman–Crippen LogP) is 4.07. The maximum Gasteiger partial charge on any atom is 0.335 e. The molecule has 1 heterocycles. The van der Waals surface area contributed by atoms with Gasteiger partial charge in [-0.1, -0.05) is 30.3 Å². The minimum absolute atomic E-state index is 0.290. The van der Waals surface area contributed by atoms with Crippen molar-refractivity contribution in [3.05, 3.63) is 65.7 Å². The van der Waals surface area contributed by atoms with Crippen LogP contribution in [-0.2, 0) is 6.54 Å². The van der Waals surface area contributed by atoms with Gasteiger partial charge in [0.2, 0.25) is 0 Å². The van der Waals surface area contributed by atoms with E-state index in [4.69, 9.17) is 9.84 Å². The van der Waals surface area contributed by atoms with Gasteiger partial charge in [-0.05, 0) is 68.1 Å². The lowest BCUT2D eigenvalue weighted by atomic mass is 9.93. The number of carboxylic acid groups (broad SMARTS) is 1. The molecule has 0 aromatic heterocycles. The number of aromatic carboxylic acids is 1. The molecule has 4 nitrogen and oxygen atoms in total. The Balaban J connectivity index is 1.36. The van der Waals surface area contributed by atoms with Crippen LogP contribution in [-0.4, -0.2) is 35.7 Å². The number of likely N-dealkylation sites (tertiary alicyclic amines) is 1. The molecule has 0 saturated carbocycles. The highest BCUT2D eigenvalue weighted by Crippen LogP contribution is 2.22. The maximum absolute atomic E-state index is 10.8. The van der Waals surface area contributed by atoms with E-state index in [1.165, 1.54) is 18.4 Å². The van der Waals surface area contributed by atoms with Crippen molar-refractivity contribution in [2.45, 2.75) is 25.8 Å². The lowest BCUT2D eigenvalue weighted by Crippen LogP contribution is -2.33. The lowest BCUT2D eigenvalue weighted by Gasteiger charge is -2.32. The van der Waals surface area contributed by atoms with E-state index in [0.717, 1.165) is 31.8 Å². The highest BCUT2D eigenvalue weighted by molar-refractivity contribution is 5.87. The Morgan fingerprint density at radius 3 is 2.36 bits per heavy atom. The number of nitrogens with zero attached hydrogens (tertiary/aromatic N) is 1. The summed E-state index contributed by atoms with van der Waals surface area (Å²) >= 11 is 0. The summed E-state index contributed by atoms with van der Waals surface area (Å²) in [5, 5.41) is 8.89. The van der Waals surface area contributed by atoms with Crippen LogP contribution in [0.3, 0.4) is 0 Å². The molecule has 1 N–H and O–H groups in total. The predicted molar refractivity (Wildman–Crippen MR) is 98.0 cm³/mol. The molecular weight excluding hydrogens is 314 g/mol. The van der Waals surface area contributed by atoms with E-state index in [1.54, 1.807) is 24.3 Å². The molecule has 1 fully saturated rings. The number of benzene rings is 2. The van der Waals surface area contributed by atoms with Crippen molar-refractivity contribution in [3.63, 3.8) is 0 Å². The van der Waals surface area contributed by atoms with Crippen LogP contribution < -0.4 is 4.74 Å². The second-order valence-corrected chi connectivity index (χ2v) is 6.67. The van der Waals surface area contributed by atoms with Crippen molar-refractivity contribution in [2.24, 2.45) is 5.92 Å². The summed E-state index contributed by atoms with van der Waals surface area (Å²) in [5.74, 6) is 0.547. The number of hydrogen-bond donors (Lipinski definition) is 1. The third kappa shape index (κ3) is 5.33. The van der Waals surface area contributed by atoms with Crippen LogP contribution in [0, 0.1) is 5.92 Å². The zero-order valence-electron chi connectivity index (χ0n) is 14.4. The minimum atomic E-state index is -0.909. The molecule has 0 amide bonds. The number of hydrogen-bond acceptors (Lipinski definition) is 3. The summed E-state index contributed by atoms with van der Waals surface area (Å²) in [6.07, 6.45) is 3.49. The molecule has 132 valence electrons. The van der Waals surface area contributed by atoms with Crippen molar-refractivity contribution in [2.75, 3.05) is 19.7 Å². The van der Waals surface area contributed by atoms with Crippen molar-refractivity contribution < 1.29 is 14.6 Å². The van der Waals surface area contributed by atoms with Gasteiger partial charge >= 0.3 is 5.97 Å². The smallest absolute Gasteiger partial charge is 0.335 e. The first-order chi connectivity index (χ1) is 12.2. The molecule has 0 spiro atoms. The van der Waals surface area contributed by atoms with Gasteiger partial charge in [0, 0.05) is 6.54 Å². The molecule has 2 aromatic rings. The molecule has 0 atom stereocenters. The van der Waals surface area contributed by atoms with E-state index >= 15 is 0 Å². The maximum atomic E-state index is 10.8. The summed E-state index contributed by atoms with van der Waals surface area (Å²) in [6.45, 7) is 4.02. The van der Waals surface area contributed by atoms with Crippen LogP contribution in [0.15, 0.2) is 54.6 Å². The molecule has 4 heteroatoms. The van der Waals surface area contributed by atoms with Crippen LogP contribution in [0.2, 0.25) is 0 Å². The summed E-state index contributed by atoms with van der Waals surface area (Å²) in [5.41, 5.74) is 1.67. The number of carboxylic acids is 1. The molecule has 3 rings (SSSR count). The zero-order chi connectivity index (χ0) is 17.5. The van der Waals surface area contributed by atoms with Gasteiger partial charge in [0.05, 0.1) is 12.2 Å². The zero-order valence-corrected chi connectivity index (χ0v) is 14.4. The fraction of sp³-hybridized carbons (Fsp3) is 0.381. The first kappa shape index (κ1) is 17.5. The minimum Gasteiger partial charge on any atom is -0.494 e. The fourth-order valence-electron chi connectivity index (χ4n) is 3.31. The average molecular weight is 339 g/mol. The monoisotopic (exact) mass is 339 g/mol. The third-order valence-corrected chi connectivity index (χ3v) is 4.85. The van der Waals surface area contributed by atoms with E-state index in [0.29, 0.717) is 12.5 Å². The molecule has 1 aliphatic rings. The van der Waals surface area contributed by atoms with Gasteiger partial charge in [-0.25, -0.2) is 4.79 Å². The highest BCUT2D eigenvalue weighted by Gasteiger charge is 2.19. The van der Waals surface area contributed by atoms with Crippen LogP contribution in [0.1, 0.15) is 35.2 Å². The quantitative estimate of drug-likeness (QED) is 0.826. The highest BCUT2D eigenvalue weighted by atomic mass is 16.5. The van der Waals surface area contributed by atoms with E-state index in [-0.39, 0.29) is 5.56 Å². The molecule has 25 heavy (non-hydrogen) atoms.